The Morgan fingerprint density at radius 3 is 2.72 bits per heavy atom. The second-order valence-corrected chi connectivity index (χ2v) is 8.77. The summed E-state index contributed by atoms with van der Waals surface area (Å²) in [5.74, 6) is 1.99. The van der Waals surface area contributed by atoms with E-state index in [9.17, 15) is 4.79 Å². The van der Waals surface area contributed by atoms with Gasteiger partial charge in [-0.2, -0.15) is 0 Å². The van der Waals surface area contributed by atoms with Crippen LogP contribution >= 0.6 is 11.8 Å². The molecule has 2 unspecified atom stereocenters. The maximum atomic E-state index is 11.9. The molecule has 0 radical (unpaired) electrons. The molecule has 3 rings (SSSR count). The zero-order valence-corrected chi connectivity index (χ0v) is 18.9. The lowest BCUT2D eigenvalue weighted by Crippen LogP contribution is -2.41. The number of rotatable bonds is 7. The Kier molecular flexibility index (Phi) is 7.80. The van der Waals surface area contributed by atoms with Gasteiger partial charge in [0.2, 0.25) is 0 Å². The van der Waals surface area contributed by atoms with Crippen molar-refractivity contribution in [3.8, 4) is 0 Å². The monoisotopic (exact) mass is 422 g/mol. The van der Waals surface area contributed by atoms with E-state index in [1.54, 1.807) is 18.8 Å². The molecule has 1 aromatic rings. The summed E-state index contributed by atoms with van der Waals surface area (Å²) in [6, 6.07) is 0.560. The first-order valence-corrected chi connectivity index (χ1v) is 11.8. The minimum Gasteiger partial charge on any atom is -0.469 e. The van der Waals surface area contributed by atoms with Crippen LogP contribution in [0.3, 0.4) is 0 Å². The fraction of sp³-hybridized carbons (Fsp3) is 0.800. The number of thioether (sulfide) groups is 1. The molecule has 1 aromatic heterocycles. The highest BCUT2D eigenvalue weighted by Crippen LogP contribution is 2.33. The van der Waals surface area contributed by atoms with Gasteiger partial charge in [-0.1, -0.05) is 31.5 Å². The molecule has 8 nitrogen and oxygen atoms in total. The van der Waals surface area contributed by atoms with Gasteiger partial charge in [-0.05, 0) is 31.4 Å². The average Bonchev–Trinajstić information content (AvgIpc) is 3.46. The van der Waals surface area contributed by atoms with Crippen LogP contribution in [0.25, 0.3) is 0 Å². The summed E-state index contributed by atoms with van der Waals surface area (Å²) in [6.07, 6.45) is 9.00. The van der Waals surface area contributed by atoms with Gasteiger partial charge in [0.05, 0.1) is 13.0 Å². The number of guanidine groups is 1. The Labute approximate surface area is 177 Å². The summed E-state index contributed by atoms with van der Waals surface area (Å²) in [4.78, 5) is 18.5. The zero-order valence-electron chi connectivity index (χ0n) is 18.1. The number of nitrogens with one attached hydrogen (secondary N) is 1. The van der Waals surface area contributed by atoms with Crippen molar-refractivity contribution in [3.63, 3.8) is 0 Å². The number of hydrogen-bond donors (Lipinski definition) is 1. The molecule has 0 amide bonds. The highest BCUT2D eigenvalue weighted by atomic mass is 32.2. The number of aromatic nitrogens is 3. The van der Waals surface area contributed by atoms with Gasteiger partial charge in [-0.25, -0.2) is 0 Å². The van der Waals surface area contributed by atoms with E-state index >= 15 is 0 Å². The number of ether oxygens (including phenoxy) is 1. The molecule has 2 aliphatic rings. The number of aryl methyl sites for hydroxylation is 1. The van der Waals surface area contributed by atoms with E-state index in [4.69, 9.17) is 4.74 Å². The Morgan fingerprint density at radius 1 is 1.31 bits per heavy atom. The van der Waals surface area contributed by atoms with Gasteiger partial charge in [0.15, 0.2) is 11.1 Å². The van der Waals surface area contributed by atoms with E-state index in [0.29, 0.717) is 12.6 Å². The molecule has 1 N–H and O–H groups in total. The van der Waals surface area contributed by atoms with Crippen LogP contribution in [0.4, 0.5) is 0 Å². The fourth-order valence-electron chi connectivity index (χ4n) is 4.52. The molecule has 9 heteroatoms. The van der Waals surface area contributed by atoms with Gasteiger partial charge in [0.25, 0.3) is 0 Å². The number of nitrogens with zero attached hydrogens (tertiary/aromatic N) is 5. The lowest BCUT2D eigenvalue weighted by Gasteiger charge is -2.21. The van der Waals surface area contributed by atoms with Crippen molar-refractivity contribution in [1.82, 2.24) is 25.0 Å². The number of esters is 1. The van der Waals surface area contributed by atoms with E-state index in [0.717, 1.165) is 42.9 Å². The molecule has 29 heavy (non-hydrogen) atoms. The number of carbonyl (C=O) groups is 1. The van der Waals surface area contributed by atoms with Crippen LogP contribution in [0.15, 0.2) is 10.1 Å². The van der Waals surface area contributed by atoms with Crippen molar-refractivity contribution in [1.29, 1.82) is 0 Å². The molecular weight excluding hydrogens is 388 g/mol. The quantitative estimate of drug-likeness (QED) is 0.237. The zero-order chi connectivity index (χ0) is 20.8. The first-order chi connectivity index (χ1) is 14.1. The SMILES string of the molecule is CN=C(NCCCc1nnc(SC)n1C1CCCC1)N1CC(C)C(C(=O)OC)C1. The van der Waals surface area contributed by atoms with Crippen molar-refractivity contribution in [2.45, 2.75) is 56.6 Å². The fourth-order valence-corrected chi connectivity index (χ4v) is 5.10. The largest absolute Gasteiger partial charge is 0.469 e. The average molecular weight is 423 g/mol. The molecule has 2 heterocycles. The van der Waals surface area contributed by atoms with Gasteiger partial charge in [-0.15, -0.1) is 10.2 Å². The molecule has 0 bridgehead atoms. The molecule has 1 aliphatic heterocycles. The molecule has 0 spiro atoms. The number of aliphatic imine (C=N–C) groups is 1. The van der Waals surface area contributed by atoms with Crippen LogP contribution in [0, 0.1) is 11.8 Å². The van der Waals surface area contributed by atoms with Crippen LogP contribution in [0.5, 0.6) is 0 Å². The molecule has 0 aromatic carbocycles. The summed E-state index contributed by atoms with van der Waals surface area (Å²) in [6.45, 7) is 4.37. The predicted octanol–water partition coefficient (Wildman–Crippen LogP) is 2.36. The molecule has 1 saturated heterocycles. The standard InChI is InChI=1S/C20H34N6O2S/c1-14-12-25(13-16(14)18(27)28-3)19(21-2)22-11-7-10-17-23-24-20(29-4)26(17)15-8-5-6-9-15/h14-16H,5-13H2,1-4H3,(H,21,22). The third-order valence-electron chi connectivity index (χ3n) is 6.10. The van der Waals surface area contributed by atoms with E-state index in [-0.39, 0.29) is 17.8 Å². The molecule has 2 fully saturated rings. The Morgan fingerprint density at radius 2 is 2.07 bits per heavy atom. The second kappa shape index (κ2) is 10.3. The summed E-state index contributed by atoms with van der Waals surface area (Å²) in [5.41, 5.74) is 0. The Balaban J connectivity index is 1.51. The van der Waals surface area contributed by atoms with E-state index in [1.807, 2.05) is 0 Å². The van der Waals surface area contributed by atoms with Crippen LogP contribution < -0.4 is 5.32 Å². The van der Waals surface area contributed by atoms with Gasteiger partial charge in [0, 0.05) is 39.1 Å². The molecule has 2 atom stereocenters. The maximum absolute atomic E-state index is 11.9. The topological polar surface area (TPSA) is 84.6 Å². The second-order valence-electron chi connectivity index (χ2n) is 8.00. The summed E-state index contributed by atoms with van der Waals surface area (Å²) >= 11 is 1.68. The number of carbonyl (C=O) groups excluding carboxylic acids is 1. The number of methoxy groups -OCH3 is 1. The van der Waals surface area contributed by atoms with Gasteiger partial charge in [0.1, 0.15) is 5.82 Å². The van der Waals surface area contributed by atoms with E-state index in [1.165, 1.54) is 32.8 Å². The highest BCUT2D eigenvalue weighted by molar-refractivity contribution is 7.98. The third-order valence-corrected chi connectivity index (χ3v) is 6.74. The summed E-state index contributed by atoms with van der Waals surface area (Å²) in [7, 11) is 3.25. The molecule has 162 valence electrons. The van der Waals surface area contributed by atoms with Gasteiger partial charge >= 0.3 is 5.97 Å². The van der Waals surface area contributed by atoms with Crippen molar-refractivity contribution in [2.75, 3.05) is 40.0 Å². The van der Waals surface area contributed by atoms with Crippen LogP contribution in [-0.2, 0) is 16.0 Å². The van der Waals surface area contributed by atoms with Crippen LogP contribution in [0.1, 0.15) is 50.9 Å². The molecule has 1 saturated carbocycles. The smallest absolute Gasteiger partial charge is 0.310 e. The van der Waals surface area contributed by atoms with E-state index < -0.39 is 0 Å². The third kappa shape index (κ3) is 5.05. The first-order valence-electron chi connectivity index (χ1n) is 10.6. The minimum atomic E-state index is -0.133. The summed E-state index contributed by atoms with van der Waals surface area (Å²) < 4.78 is 7.31. The maximum Gasteiger partial charge on any atom is 0.310 e. The van der Waals surface area contributed by atoms with Crippen LogP contribution in [-0.4, -0.2) is 71.6 Å². The Bertz CT molecular complexity index is 716. The minimum absolute atomic E-state index is 0.0894. The number of hydrogen-bond acceptors (Lipinski definition) is 6. The van der Waals surface area contributed by atoms with Crippen molar-refractivity contribution in [2.24, 2.45) is 16.8 Å². The normalized spacial score (nSPS) is 23.0. The first kappa shape index (κ1) is 21.9. The predicted molar refractivity (Wildman–Crippen MR) is 115 cm³/mol. The van der Waals surface area contributed by atoms with Crippen LogP contribution in [0.2, 0.25) is 0 Å². The van der Waals surface area contributed by atoms with Gasteiger partial charge in [-0.3, -0.25) is 9.79 Å². The van der Waals surface area contributed by atoms with E-state index in [2.05, 4.69) is 43.2 Å². The van der Waals surface area contributed by atoms with Gasteiger partial charge < -0.3 is 19.5 Å². The van der Waals surface area contributed by atoms with Crippen molar-refractivity contribution < 1.29 is 9.53 Å². The Hall–Kier alpha value is -1.77. The summed E-state index contributed by atoms with van der Waals surface area (Å²) in [5, 5.41) is 13.3. The molecular formula is C20H34N6O2S. The lowest BCUT2D eigenvalue weighted by molar-refractivity contribution is -0.145. The highest BCUT2D eigenvalue weighted by Gasteiger charge is 2.36. The molecule has 1 aliphatic carbocycles. The number of likely N-dealkylation sites (tertiary alicyclic amines) is 1. The van der Waals surface area contributed by atoms with Crippen molar-refractivity contribution in [3.05, 3.63) is 5.82 Å². The lowest BCUT2D eigenvalue weighted by atomic mass is 9.99. The van der Waals surface area contributed by atoms with Crippen molar-refractivity contribution >= 4 is 23.7 Å².